The van der Waals surface area contributed by atoms with E-state index in [0.717, 1.165) is 23.9 Å². The maximum atomic E-state index is 9.68. The maximum Gasteiger partial charge on any atom is 0.133 e. The average molecular weight is 275 g/mol. The van der Waals surface area contributed by atoms with Crippen LogP contribution in [0.15, 0.2) is 34.9 Å². The Balaban J connectivity index is 2.27. The summed E-state index contributed by atoms with van der Waals surface area (Å²) < 4.78 is 5.40. The van der Waals surface area contributed by atoms with E-state index >= 15 is 0 Å². The lowest BCUT2D eigenvalue weighted by atomic mass is 9.86. The topological polar surface area (TPSA) is 45.4 Å². The second-order valence-corrected chi connectivity index (χ2v) is 5.31. The molecular weight excluding hydrogens is 250 g/mol. The van der Waals surface area contributed by atoms with Gasteiger partial charge in [0, 0.05) is 17.3 Å². The van der Waals surface area contributed by atoms with Crippen LogP contribution >= 0.6 is 0 Å². The Kier molecular flexibility index (Phi) is 5.62. The summed E-state index contributed by atoms with van der Waals surface area (Å²) in [6.07, 6.45) is 5.17. The van der Waals surface area contributed by atoms with Gasteiger partial charge in [-0.15, -0.1) is 0 Å². The van der Waals surface area contributed by atoms with Crippen molar-refractivity contribution in [2.45, 2.75) is 45.1 Å². The van der Waals surface area contributed by atoms with Crippen LogP contribution in [-0.2, 0) is 0 Å². The van der Waals surface area contributed by atoms with Crippen LogP contribution in [0.2, 0.25) is 0 Å². The smallest absolute Gasteiger partial charge is 0.133 e. The molecule has 110 valence electrons. The minimum Gasteiger partial charge on any atom is -0.464 e. The standard InChI is InChI=1S/C17H25NO2/c1-3-5-6-15(16(12-19)18-4-2)13-7-8-17-14(11-13)9-10-20-17/h7-11,15-16,18-19H,3-6,12H2,1-2H3. The van der Waals surface area contributed by atoms with Gasteiger partial charge in [-0.3, -0.25) is 0 Å². The number of nitrogens with one attached hydrogen (secondary N) is 1. The summed E-state index contributed by atoms with van der Waals surface area (Å²) in [4.78, 5) is 0. The Morgan fingerprint density at radius 2 is 2.10 bits per heavy atom. The van der Waals surface area contributed by atoms with E-state index in [-0.39, 0.29) is 12.6 Å². The van der Waals surface area contributed by atoms with Crippen molar-refractivity contribution in [3.8, 4) is 0 Å². The van der Waals surface area contributed by atoms with Crippen molar-refractivity contribution >= 4 is 11.0 Å². The highest BCUT2D eigenvalue weighted by atomic mass is 16.3. The fourth-order valence-electron chi connectivity index (χ4n) is 2.84. The van der Waals surface area contributed by atoms with Gasteiger partial charge in [0.1, 0.15) is 5.58 Å². The second kappa shape index (κ2) is 7.46. The molecule has 0 amide bonds. The summed E-state index contributed by atoms with van der Waals surface area (Å²) in [5.74, 6) is 0.346. The predicted molar refractivity (Wildman–Crippen MR) is 83.0 cm³/mol. The Hall–Kier alpha value is -1.32. The van der Waals surface area contributed by atoms with Crippen molar-refractivity contribution < 1.29 is 9.52 Å². The molecule has 0 aliphatic heterocycles. The van der Waals surface area contributed by atoms with Gasteiger partial charge < -0.3 is 14.8 Å². The van der Waals surface area contributed by atoms with Crippen LogP contribution < -0.4 is 5.32 Å². The molecule has 1 heterocycles. The second-order valence-electron chi connectivity index (χ2n) is 5.31. The van der Waals surface area contributed by atoms with Gasteiger partial charge >= 0.3 is 0 Å². The van der Waals surface area contributed by atoms with Crippen LogP contribution in [-0.4, -0.2) is 24.3 Å². The number of likely N-dealkylation sites (N-methyl/N-ethyl adjacent to an activating group) is 1. The van der Waals surface area contributed by atoms with Crippen LogP contribution in [0, 0.1) is 0 Å². The van der Waals surface area contributed by atoms with Crippen molar-refractivity contribution in [1.29, 1.82) is 0 Å². The minimum atomic E-state index is 0.121. The summed E-state index contributed by atoms with van der Waals surface area (Å²) in [5, 5.41) is 14.2. The van der Waals surface area contributed by atoms with E-state index in [0.29, 0.717) is 5.92 Å². The third kappa shape index (κ3) is 3.41. The van der Waals surface area contributed by atoms with E-state index < -0.39 is 0 Å². The zero-order chi connectivity index (χ0) is 14.4. The normalized spacial score (nSPS) is 14.6. The summed E-state index contributed by atoms with van der Waals surface area (Å²) in [6, 6.07) is 8.47. The molecule has 0 saturated heterocycles. The lowest BCUT2D eigenvalue weighted by molar-refractivity contribution is 0.219. The SMILES string of the molecule is CCCCC(c1ccc2occc2c1)C(CO)NCC. The molecule has 0 bridgehead atoms. The quantitative estimate of drug-likeness (QED) is 0.772. The average Bonchev–Trinajstić information content (AvgIpc) is 2.94. The zero-order valence-corrected chi connectivity index (χ0v) is 12.4. The Morgan fingerprint density at radius 1 is 1.25 bits per heavy atom. The number of fused-ring (bicyclic) bond motifs is 1. The first-order chi connectivity index (χ1) is 9.80. The van der Waals surface area contributed by atoms with E-state index in [1.165, 1.54) is 18.4 Å². The van der Waals surface area contributed by atoms with Gasteiger partial charge in [-0.05, 0) is 36.7 Å². The highest BCUT2D eigenvalue weighted by Crippen LogP contribution is 2.29. The third-order valence-corrected chi connectivity index (χ3v) is 3.92. The molecule has 20 heavy (non-hydrogen) atoms. The Bertz CT molecular complexity index is 520. The maximum absolute atomic E-state index is 9.68. The third-order valence-electron chi connectivity index (χ3n) is 3.92. The van der Waals surface area contributed by atoms with Gasteiger partial charge in [-0.2, -0.15) is 0 Å². The van der Waals surface area contributed by atoms with Crippen LogP contribution in [0.3, 0.4) is 0 Å². The van der Waals surface area contributed by atoms with E-state index in [1.807, 2.05) is 12.1 Å². The highest BCUT2D eigenvalue weighted by Gasteiger charge is 2.21. The van der Waals surface area contributed by atoms with E-state index in [1.54, 1.807) is 6.26 Å². The molecule has 0 aliphatic rings. The predicted octanol–water partition coefficient (Wildman–Crippen LogP) is 3.68. The van der Waals surface area contributed by atoms with Crippen LogP contribution in [0.4, 0.5) is 0 Å². The van der Waals surface area contributed by atoms with E-state index in [9.17, 15) is 5.11 Å². The molecule has 3 nitrogen and oxygen atoms in total. The number of benzene rings is 1. The molecular formula is C17H25NO2. The van der Waals surface area contributed by atoms with Crippen molar-refractivity contribution in [2.24, 2.45) is 0 Å². The number of rotatable bonds is 8. The molecule has 2 N–H and O–H groups in total. The fourth-order valence-corrected chi connectivity index (χ4v) is 2.84. The molecule has 2 atom stereocenters. The molecule has 2 aromatic rings. The first-order valence-electron chi connectivity index (χ1n) is 7.61. The number of aliphatic hydroxyl groups excluding tert-OH is 1. The Labute approximate surface area is 121 Å². The number of aliphatic hydroxyl groups is 1. The molecule has 3 heteroatoms. The first kappa shape index (κ1) is 15.1. The molecule has 0 spiro atoms. The largest absolute Gasteiger partial charge is 0.464 e. The molecule has 1 aromatic carbocycles. The zero-order valence-electron chi connectivity index (χ0n) is 12.4. The molecule has 1 aromatic heterocycles. The molecule has 0 fully saturated rings. The summed E-state index contributed by atoms with van der Waals surface area (Å²) >= 11 is 0. The van der Waals surface area contributed by atoms with Gasteiger partial charge in [-0.25, -0.2) is 0 Å². The number of unbranched alkanes of at least 4 members (excludes halogenated alkanes) is 1. The van der Waals surface area contributed by atoms with Gasteiger partial charge in [0.05, 0.1) is 12.9 Å². The van der Waals surface area contributed by atoms with Crippen LogP contribution in [0.5, 0.6) is 0 Å². The molecule has 0 radical (unpaired) electrons. The van der Waals surface area contributed by atoms with Gasteiger partial charge in [-0.1, -0.05) is 32.8 Å². The van der Waals surface area contributed by atoms with E-state index in [2.05, 4.69) is 31.3 Å². The van der Waals surface area contributed by atoms with E-state index in [4.69, 9.17) is 4.42 Å². The molecule has 2 rings (SSSR count). The number of hydrogen-bond acceptors (Lipinski definition) is 3. The molecule has 0 saturated carbocycles. The molecule has 2 unspecified atom stereocenters. The van der Waals surface area contributed by atoms with Crippen LogP contribution in [0.25, 0.3) is 11.0 Å². The van der Waals surface area contributed by atoms with Crippen molar-refractivity contribution in [1.82, 2.24) is 5.32 Å². The van der Waals surface area contributed by atoms with Crippen molar-refractivity contribution in [3.05, 3.63) is 36.1 Å². The van der Waals surface area contributed by atoms with Crippen molar-refractivity contribution in [2.75, 3.05) is 13.2 Å². The fraction of sp³-hybridized carbons (Fsp3) is 0.529. The molecule has 0 aliphatic carbocycles. The lowest BCUT2D eigenvalue weighted by Gasteiger charge is -2.27. The summed E-state index contributed by atoms with van der Waals surface area (Å²) in [5.41, 5.74) is 2.21. The highest BCUT2D eigenvalue weighted by molar-refractivity contribution is 5.77. The Morgan fingerprint density at radius 3 is 2.80 bits per heavy atom. The summed E-state index contributed by atoms with van der Waals surface area (Å²) in [6.45, 7) is 5.34. The van der Waals surface area contributed by atoms with Crippen molar-refractivity contribution in [3.63, 3.8) is 0 Å². The minimum absolute atomic E-state index is 0.121. The first-order valence-corrected chi connectivity index (χ1v) is 7.61. The monoisotopic (exact) mass is 275 g/mol. The summed E-state index contributed by atoms with van der Waals surface area (Å²) in [7, 11) is 0. The number of hydrogen-bond donors (Lipinski definition) is 2. The van der Waals surface area contributed by atoms with Gasteiger partial charge in [0.25, 0.3) is 0 Å². The number of furan rings is 1. The van der Waals surface area contributed by atoms with Gasteiger partial charge in [0.2, 0.25) is 0 Å². The van der Waals surface area contributed by atoms with Crippen LogP contribution in [0.1, 0.15) is 44.6 Å². The van der Waals surface area contributed by atoms with Gasteiger partial charge in [0.15, 0.2) is 0 Å². The lowest BCUT2D eigenvalue weighted by Crippen LogP contribution is -2.38.